The van der Waals surface area contributed by atoms with Gasteiger partial charge in [-0.1, -0.05) is 64.5 Å². The number of allylic oxidation sites excluding steroid dienone is 2. The van der Waals surface area contributed by atoms with Crippen LogP contribution in [0.15, 0.2) is 63.9 Å². The van der Waals surface area contributed by atoms with Crippen LogP contribution in [0, 0.1) is 5.92 Å². The minimum absolute atomic E-state index is 0.138. The average molecular weight is 424 g/mol. The number of likely N-dealkylation sites (tertiary alicyclic amines) is 1. The molecule has 1 N–H and O–H groups in total. The lowest BCUT2D eigenvalue weighted by Gasteiger charge is -2.26. The summed E-state index contributed by atoms with van der Waals surface area (Å²) < 4.78 is 2.65. The van der Waals surface area contributed by atoms with Crippen LogP contribution in [0.1, 0.15) is 12.1 Å². The smallest absolute Gasteiger partial charge is 0.274 e. The van der Waals surface area contributed by atoms with E-state index in [-0.39, 0.29) is 5.56 Å². The maximum absolute atomic E-state index is 12.6. The zero-order chi connectivity index (χ0) is 18.4. The Labute approximate surface area is 164 Å². The molecule has 7 heteroatoms. The summed E-state index contributed by atoms with van der Waals surface area (Å²) >= 11 is 3.68. The first-order chi connectivity index (χ1) is 13.2. The molecule has 0 bridgehead atoms. The molecule has 3 heterocycles. The molecule has 1 aliphatic heterocycles. The van der Waals surface area contributed by atoms with E-state index in [2.05, 4.69) is 54.1 Å². The van der Waals surface area contributed by atoms with Crippen LogP contribution in [0.4, 0.5) is 0 Å². The number of fused-ring (bicyclic) bond motifs is 2. The molecule has 1 aromatic carbocycles. The van der Waals surface area contributed by atoms with Gasteiger partial charge in [0.1, 0.15) is 0 Å². The Bertz CT molecular complexity index is 1110. The van der Waals surface area contributed by atoms with Gasteiger partial charge >= 0.3 is 0 Å². The maximum Gasteiger partial charge on any atom is 0.274 e. The van der Waals surface area contributed by atoms with Crippen LogP contribution in [0.5, 0.6) is 0 Å². The van der Waals surface area contributed by atoms with E-state index in [9.17, 15) is 4.79 Å². The van der Waals surface area contributed by atoms with Gasteiger partial charge in [0.15, 0.2) is 5.82 Å². The van der Waals surface area contributed by atoms with Crippen molar-refractivity contribution in [3.05, 3.63) is 75.2 Å². The van der Waals surface area contributed by atoms with Crippen molar-refractivity contribution < 1.29 is 0 Å². The number of halogens is 1. The summed E-state index contributed by atoms with van der Waals surface area (Å²) in [5, 5.41) is 3.04. The summed E-state index contributed by atoms with van der Waals surface area (Å²) in [7, 11) is 0. The van der Waals surface area contributed by atoms with Gasteiger partial charge in [-0.3, -0.25) is 14.8 Å². The molecule has 1 aliphatic carbocycles. The second-order valence-electron chi connectivity index (χ2n) is 6.95. The molecular weight excluding hydrogens is 406 g/mol. The lowest BCUT2D eigenvalue weighted by Crippen LogP contribution is -2.32. The Kier molecular flexibility index (Phi) is 4.06. The molecule has 2 aromatic heterocycles. The lowest BCUT2D eigenvalue weighted by molar-refractivity contribution is 0.264. The van der Waals surface area contributed by atoms with Crippen molar-refractivity contribution in [3.8, 4) is 11.4 Å². The first-order valence-electron chi connectivity index (χ1n) is 9.01. The van der Waals surface area contributed by atoms with Gasteiger partial charge in [0, 0.05) is 34.6 Å². The molecule has 0 spiro atoms. The first kappa shape index (κ1) is 16.6. The van der Waals surface area contributed by atoms with E-state index >= 15 is 0 Å². The molecular formula is C20H18BrN5O. The van der Waals surface area contributed by atoms with Crippen LogP contribution in [0.2, 0.25) is 0 Å². The predicted molar refractivity (Wildman–Crippen MR) is 107 cm³/mol. The Hall–Kier alpha value is -2.51. The normalized spacial score (nSPS) is 22.2. The van der Waals surface area contributed by atoms with E-state index in [1.165, 1.54) is 9.00 Å². The van der Waals surface area contributed by atoms with E-state index < -0.39 is 0 Å². The van der Waals surface area contributed by atoms with Gasteiger partial charge in [0.05, 0.1) is 5.69 Å². The largest absolute Gasteiger partial charge is 0.290 e. The van der Waals surface area contributed by atoms with Crippen molar-refractivity contribution in [3.63, 3.8) is 0 Å². The summed E-state index contributed by atoms with van der Waals surface area (Å²) in [6.07, 6.45) is 7.55. The average Bonchev–Trinajstić information content (AvgIpc) is 3.28. The highest BCUT2D eigenvalue weighted by molar-refractivity contribution is 9.11. The summed E-state index contributed by atoms with van der Waals surface area (Å²) in [5.74, 6) is 1.55. The topological polar surface area (TPSA) is 66.3 Å². The highest BCUT2D eigenvalue weighted by Crippen LogP contribution is 2.37. The third kappa shape index (κ3) is 2.96. The number of nitrogens with zero attached hydrogens (tertiary/aromatic N) is 4. The SMILES string of the molecule is O=c1cc(CN2CCC3C(Br)=CC=CC32)nc2nc(-c3ccccc3)[nH]n12. The van der Waals surface area contributed by atoms with Crippen molar-refractivity contribution in [1.82, 2.24) is 24.5 Å². The van der Waals surface area contributed by atoms with Crippen molar-refractivity contribution in [2.24, 2.45) is 5.92 Å². The fourth-order valence-corrected chi connectivity index (χ4v) is 4.60. The fourth-order valence-electron chi connectivity index (χ4n) is 3.95. The van der Waals surface area contributed by atoms with Crippen molar-refractivity contribution in [2.45, 2.75) is 19.0 Å². The number of benzene rings is 1. The Morgan fingerprint density at radius 3 is 2.93 bits per heavy atom. The van der Waals surface area contributed by atoms with E-state index in [4.69, 9.17) is 0 Å². The van der Waals surface area contributed by atoms with Crippen molar-refractivity contribution >= 4 is 21.7 Å². The summed E-state index contributed by atoms with van der Waals surface area (Å²) in [6.45, 7) is 1.63. The maximum atomic E-state index is 12.6. The van der Waals surface area contributed by atoms with E-state index in [1.807, 2.05) is 30.3 Å². The van der Waals surface area contributed by atoms with Crippen LogP contribution in [-0.2, 0) is 6.54 Å². The summed E-state index contributed by atoms with van der Waals surface area (Å²) in [6, 6.07) is 11.7. The van der Waals surface area contributed by atoms with Gasteiger partial charge in [-0.25, -0.2) is 4.98 Å². The molecule has 2 atom stereocenters. The molecule has 1 saturated heterocycles. The molecule has 136 valence electrons. The molecule has 2 aliphatic rings. The number of nitrogens with one attached hydrogen (secondary N) is 1. The number of H-pyrrole nitrogens is 1. The lowest BCUT2D eigenvalue weighted by atomic mass is 9.96. The van der Waals surface area contributed by atoms with Gasteiger partial charge < -0.3 is 0 Å². The Morgan fingerprint density at radius 2 is 2.07 bits per heavy atom. The molecule has 0 amide bonds. The van der Waals surface area contributed by atoms with Crippen LogP contribution < -0.4 is 5.56 Å². The molecule has 6 nitrogen and oxygen atoms in total. The number of rotatable bonds is 3. The third-order valence-corrected chi connectivity index (χ3v) is 6.13. The number of aromatic amines is 1. The molecule has 1 fully saturated rings. The van der Waals surface area contributed by atoms with Gasteiger partial charge in [-0.05, 0) is 13.0 Å². The Balaban J connectivity index is 1.46. The molecule has 0 saturated carbocycles. The molecule has 27 heavy (non-hydrogen) atoms. The second kappa shape index (κ2) is 6.58. The zero-order valence-electron chi connectivity index (χ0n) is 14.5. The van der Waals surface area contributed by atoms with Crippen LogP contribution in [0.25, 0.3) is 17.2 Å². The predicted octanol–water partition coefficient (Wildman–Crippen LogP) is 3.12. The number of hydrogen-bond donors (Lipinski definition) is 1. The Morgan fingerprint density at radius 1 is 1.22 bits per heavy atom. The van der Waals surface area contributed by atoms with Crippen LogP contribution in [0.3, 0.4) is 0 Å². The fraction of sp³-hybridized carbons (Fsp3) is 0.250. The monoisotopic (exact) mass is 423 g/mol. The van der Waals surface area contributed by atoms with Crippen molar-refractivity contribution in [2.75, 3.05) is 6.54 Å². The highest BCUT2D eigenvalue weighted by Gasteiger charge is 2.35. The van der Waals surface area contributed by atoms with E-state index in [0.29, 0.717) is 30.1 Å². The quantitative estimate of drug-likeness (QED) is 0.702. The summed E-state index contributed by atoms with van der Waals surface area (Å²) in [4.78, 5) is 24.1. The molecule has 3 aromatic rings. The third-order valence-electron chi connectivity index (χ3n) is 5.28. The zero-order valence-corrected chi connectivity index (χ0v) is 16.1. The standard InChI is InChI=1S/C20H18BrN5O/c21-16-7-4-8-17-15(16)9-10-25(17)12-14-11-18(27)26-20(22-14)23-19(24-26)13-5-2-1-3-6-13/h1-8,11,15,17H,9-10,12H2,(H,22,23,24). The molecule has 2 unspecified atom stereocenters. The van der Waals surface area contributed by atoms with Gasteiger partial charge in [-0.2, -0.15) is 9.50 Å². The van der Waals surface area contributed by atoms with Crippen LogP contribution in [-0.4, -0.2) is 37.1 Å². The second-order valence-corrected chi connectivity index (χ2v) is 7.87. The van der Waals surface area contributed by atoms with Crippen molar-refractivity contribution in [1.29, 1.82) is 0 Å². The van der Waals surface area contributed by atoms with Crippen LogP contribution >= 0.6 is 15.9 Å². The number of hydrogen-bond acceptors (Lipinski definition) is 4. The molecule has 5 rings (SSSR count). The minimum atomic E-state index is -0.138. The van der Waals surface area contributed by atoms with Gasteiger partial charge in [0.25, 0.3) is 11.3 Å². The van der Waals surface area contributed by atoms with E-state index in [0.717, 1.165) is 24.2 Å². The highest BCUT2D eigenvalue weighted by atomic mass is 79.9. The summed E-state index contributed by atoms with van der Waals surface area (Å²) in [5.41, 5.74) is 1.54. The first-order valence-corrected chi connectivity index (χ1v) is 9.80. The number of aromatic nitrogens is 4. The molecule has 0 radical (unpaired) electrons. The van der Waals surface area contributed by atoms with E-state index in [1.54, 1.807) is 6.07 Å². The minimum Gasteiger partial charge on any atom is -0.290 e. The van der Waals surface area contributed by atoms with Gasteiger partial charge in [0.2, 0.25) is 0 Å². The van der Waals surface area contributed by atoms with Gasteiger partial charge in [-0.15, -0.1) is 0 Å².